The zero-order chi connectivity index (χ0) is 24.2. The zero-order valence-corrected chi connectivity index (χ0v) is 18.5. The molecule has 1 N–H and O–H groups in total. The minimum absolute atomic E-state index is 0.0900. The Hall–Kier alpha value is -4.05. The van der Waals surface area contributed by atoms with Gasteiger partial charge in [-0.3, -0.25) is 19.6 Å². The van der Waals surface area contributed by atoms with Crippen molar-refractivity contribution in [1.29, 1.82) is 0 Å². The Labute approximate surface area is 190 Å². The standard InChI is InChI=1S/C23H20N2O7S/c1-15-12-13-18(25(28)29)14-21(15)33(30,31)24-20-11-7-6-10-19(20)23(27)32-16(2)22(26)17-8-4-3-5-9-17/h3-14,16,24H,1-2H3. The molecule has 3 rings (SSSR count). The van der Waals surface area contributed by atoms with Crippen LogP contribution in [0.15, 0.2) is 77.7 Å². The average Bonchev–Trinajstić information content (AvgIpc) is 2.79. The summed E-state index contributed by atoms with van der Waals surface area (Å²) in [7, 11) is -4.27. The number of carbonyl (C=O) groups excluding carboxylic acids is 2. The van der Waals surface area contributed by atoms with Crippen molar-refractivity contribution in [3.05, 3.63) is 99.6 Å². The molecule has 0 saturated carbocycles. The van der Waals surface area contributed by atoms with E-state index in [1.807, 2.05) is 0 Å². The van der Waals surface area contributed by atoms with Crippen LogP contribution in [0.2, 0.25) is 0 Å². The number of ether oxygens (including phenoxy) is 1. The van der Waals surface area contributed by atoms with Crippen LogP contribution in [0.25, 0.3) is 0 Å². The van der Waals surface area contributed by atoms with Crippen molar-refractivity contribution in [2.24, 2.45) is 0 Å². The largest absolute Gasteiger partial charge is 0.451 e. The first kappa shape index (κ1) is 23.6. The Morgan fingerprint density at radius 2 is 1.64 bits per heavy atom. The minimum Gasteiger partial charge on any atom is -0.451 e. The van der Waals surface area contributed by atoms with E-state index in [2.05, 4.69) is 4.72 Å². The van der Waals surface area contributed by atoms with Gasteiger partial charge in [-0.25, -0.2) is 13.2 Å². The third kappa shape index (κ3) is 5.42. The van der Waals surface area contributed by atoms with Gasteiger partial charge in [0.2, 0.25) is 5.78 Å². The maximum atomic E-state index is 12.9. The molecule has 0 aliphatic heterocycles. The number of para-hydroxylation sites is 1. The summed E-state index contributed by atoms with van der Waals surface area (Å²) >= 11 is 0. The molecule has 1 unspecified atom stereocenters. The van der Waals surface area contributed by atoms with Crippen LogP contribution in [0.3, 0.4) is 0 Å². The summed E-state index contributed by atoms with van der Waals surface area (Å²) < 4.78 is 33.5. The number of benzene rings is 3. The Morgan fingerprint density at radius 3 is 2.30 bits per heavy atom. The van der Waals surface area contributed by atoms with Gasteiger partial charge in [0.15, 0.2) is 6.10 Å². The summed E-state index contributed by atoms with van der Waals surface area (Å²) in [6.07, 6.45) is -1.11. The highest BCUT2D eigenvalue weighted by molar-refractivity contribution is 7.92. The topological polar surface area (TPSA) is 133 Å². The quantitative estimate of drug-likeness (QED) is 0.227. The number of nitro benzene ring substituents is 1. The lowest BCUT2D eigenvalue weighted by Gasteiger charge is -2.16. The molecule has 0 aromatic heterocycles. The number of sulfonamides is 1. The van der Waals surface area contributed by atoms with E-state index in [-0.39, 0.29) is 27.4 Å². The molecule has 0 heterocycles. The van der Waals surface area contributed by atoms with Crippen molar-refractivity contribution in [3.8, 4) is 0 Å². The number of nitrogens with zero attached hydrogens (tertiary/aromatic N) is 1. The number of ketones is 1. The normalized spacial score (nSPS) is 11.9. The van der Waals surface area contributed by atoms with Gasteiger partial charge in [-0.1, -0.05) is 48.5 Å². The van der Waals surface area contributed by atoms with Gasteiger partial charge in [0, 0.05) is 17.7 Å². The third-order valence-corrected chi connectivity index (χ3v) is 6.28. The Balaban J connectivity index is 1.86. The van der Waals surface area contributed by atoms with Crippen molar-refractivity contribution in [2.45, 2.75) is 24.8 Å². The number of nitro groups is 1. The van der Waals surface area contributed by atoms with Crippen LogP contribution in [0.5, 0.6) is 0 Å². The molecule has 0 fully saturated rings. The number of aryl methyl sites for hydroxylation is 1. The van der Waals surface area contributed by atoms with Crippen LogP contribution >= 0.6 is 0 Å². The number of anilines is 1. The molecule has 0 spiro atoms. The molecule has 0 radical (unpaired) electrons. The smallest absolute Gasteiger partial charge is 0.340 e. The van der Waals surface area contributed by atoms with Crippen LogP contribution in [-0.2, 0) is 14.8 Å². The van der Waals surface area contributed by atoms with Crippen molar-refractivity contribution in [2.75, 3.05) is 4.72 Å². The number of nitrogens with one attached hydrogen (secondary N) is 1. The van der Waals surface area contributed by atoms with Crippen molar-refractivity contribution >= 4 is 33.2 Å². The molecule has 33 heavy (non-hydrogen) atoms. The van der Waals surface area contributed by atoms with E-state index >= 15 is 0 Å². The number of Topliss-reactive ketones (excluding diaryl/α,β-unsaturated/α-hetero) is 1. The lowest BCUT2D eigenvalue weighted by Crippen LogP contribution is -2.25. The van der Waals surface area contributed by atoms with Gasteiger partial charge in [0.05, 0.1) is 21.1 Å². The van der Waals surface area contributed by atoms with Crippen LogP contribution in [0, 0.1) is 17.0 Å². The fraction of sp³-hybridized carbons (Fsp3) is 0.130. The zero-order valence-electron chi connectivity index (χ0n) is 17.7. The number of hydrogen-bond acceptors (Lipinski definition) is 7. The molecule has 170 valence electrons. The molecule has 10 heteroatoms. The molecule has 0 saturated heterocycles. The van der Waals surface area contributed by atoms with E-state index in [4.69, 9.17) is 4.74 Å². The van der Waals surface area contributed by atoms with Crippen LogP contribution in [0.4, 0.5) is 11.4 Å². The van der Waals surface area contributed by atoms with Gasteiger partial charge in [-0.05, 0) is 31.5 Å². The van der Waals surface area contributed by atoms with E-state index in [1.165, 1.54) is 50.2 Å². The second kappa shape index (κ2) is 9.61. The fourth-order valence-electron chi connectivity index (χ4n) is 3.06. The van der Waals surface area contributed by atoms with E-state index in [0.29, 0.717) is 5.56 Å². The number of non-ortho nitro benzene ring substituents is 1. The fourth-order valence-corrected chi connectivity index (χ4v) is 4.40. The number of rotatable bonds is 8. The molecule has 1 atom stereocenters. The highest BCUT2D eigenvalue weighted by Gasteiger charge is 2.25. The number of hydrogen-bond donors (Lipinski definition) is 1. The molecule has 0 amide bonds. The van der Waals surface area contributed by atoms with Gasteiger partial charge in [0.25, 0.3) is 15.7 Å². The van der Waals surface area contributed by atoms with E-state index in [1.54, 1.807) is 30.3 Å². The summed E-state index contributed by atoms with van der Waals surface area (Å²) in [6.45, 7) is 2.92. The molecule has 3 aromatic rings. The van der Waals surface area contributed by atoms with E-state index in [0.717, 1.165) is 6.07 Å². The van der Waals surface area contributed by atoms with Crippen LogP contribution in [-0.4, -0.2) is 31.2 Å². The first-order valence-electron chi connectivity index (χ1n) is 9.77. The first-order chi connectivity index (χ1) is 15.6. The molecular formula is C23H20N2O7S. The van der Waals surface area contributed by atoms with Gasteiger partial charge >= 0.3 is 5.97 Å². The molecule has 0 aliphatic rings. The van der Waals surface area contributed by atoms with Crippen molar-refractivity contribution in [3.63, 3.8) is 0 Å². The van der Waals surface area contributed by atoms with Gasteiger partial charge in [-0.2, -0.15) is 0 Å². The minimum atomic E-state index is -4.27. The SMILES string of the molecule is Cc1ccc([N+](=O)[O-])cc1S(=O)(=O)Nc1ccccc1C(=O)OC(C)C(=O)c1ccccc1. The summed E-state index contributed by atoms with van der Waals surface area (Å²) in [5, 5.41) is 11.1. The molecule has 9 nitrogen and oxygen atoms in total. The monoisotopic (exact) mass is 468 g/mol. The molecular weight excluding hydrogens is 448 g/mol. The van der Waals surface area contributed by atoms with Crippen LogP contribution in [0.1, 0.15) is 33.2 Å². The first-order valence-corrected chi connectivity index (χ1v) is 11.3. The number of esters is 1. The summed E-state index contributed by atoms with van der Waals surface area (Å²) in [6, 6.07) is 17.5. The molecule has 0 bridgehead atoms. The van der Waals surface area contributed by atoms with E-state index < -0.39 is 32.8 Å². The summed E-state index contributed by atoms with van der Waals surface area (Å²) in [5.74, 6) is -1.31. The molecule has 3 aromatic carbocycles. The van der Waals surface area contributed by atoms with Crippen LogP contribution < -0.4 is 4.72 Å². The highest BCUT2D eigenvalue weighted by atomic mass is 32.2. The lowest BCUT2D eigenvalue weighted by atomic mass is 10.1. The van der Waals surface area contributed by atoms with Crippen molar-refractivity contribution in [1.82, 2.24) is 0 Å². The Bertz CT molecular complexity index is 1320. The molecule has 0 aliphatic carbocycles. The predicted octanol–water partition coefficient (Wildman–Crippen LogP) is 4.13. The Morgan fingerprint density at radius 1 is 1.00 bits per heavy atom. The van der Waals surface area contributed by atoms with Gasteiger partial charge in [-0.15, -0.1) is 0 Å². The highest BCUT2D eigenvalue weighted by Crippen LogP contribution is 2.26. The second-order valence-corrected chi connectivity index (χ2v) is 8.79. The van der Waals surface area contributed by atoms with E-state index in [9.17, 15) is 28.1 Å². The maximum Gasteiger partial charge on any atom is 0.340 e. The summed E-state index contributed by atoms with van der Waals surface area (Å²) in [5.41, 5.74) is 0.0646. The lowest BCUT2D eigenvalue weighted by molar-refractivity contribution is -0.385. The van der Waals surface area contributed by atoms with Gasteiger partial charge < -0.3 is 4.74 Å². The maximum absolute atomic E-state index is 12.9. The predicted molar refractivity (Wildman–Crippen MR) is 121 cm³/mol. The Kier molecular flexibility index (Phi) is 6.88. The summed E-state index contributed by atoms with van der Waals surface area (Å²) in [4.78, 5) is 35.3. The van der Waals surface area contributed by atoms with Gasteiger partial charge in [0.1, 0.15) is 0 Å². The third-order valence-electron chi connectivity index (χ3n) is 4.77. The van der Waals surface area contributed by atoms with Crippen molar-refractivity contribution < 1.29 is 27.7 Å². The number of carbonyl (C=O) groups is 2. The average molecular weight is 468 g/mol. The second-order valence-electron chi connectivity index (χ2n) is 7.14.